The maximum atomic E-state index is 13.2. The molecule has 0 aliphatic carbocycles. The van der Waals surface area contributed by atoms with E-state index in [-0.39, 0.29) is 24.3 Å². The van der Waals surface area contributed by atoms with Crippen molar-refractivity contribution >= 4 is 35.5 Å². The van der Waals surface area contributed by atoms with Crippen LogP contribution in [0.1, 0.15) is 25.5 Å². The van der Waals surface area contributed by atoms with Crippen LogP contribution in [-0.2, 0) is 0 Å². The second kappa shape index (κ2) is 8.81. The topological polar surface area (TPSA) is 86.2 Å². The van der Waals surface area contributed by atoms with E-state index >= 15 is 0 Å². The molecule has 1 aliphatic rings. The maximum absolute atomic E-state index is 13.2. The van der Waals surface area contributed by atoms with Gasteiger partial charge in [0.2, 0.25) is 0 Å². The van der Waals surface area contributed by atoms with Gasteiger partial charge in [-0.25, -0.2) is 14.4 Å². The first-order valence-electron chi connectivity index (χ1n) is 9.42. The van der Waals surface area contributed by atoms with Gasteiger partial charge in [0, 0.05) is 49.3 Å². The van der Waals surface area contributed by atoms with Gasteiger partial charge in [0.1, 0.15) is 23.3 Å². The third kappa shape index (κ3) is 5.14. The molecule has 7 nitrogen and oxygen atoms in total. The molecular weight excluding hydrogens is 407 g/mol. The smallest absolute Gasteiger partial charge is 0.150 e. The van der Waals surface area contributed by atoms with Crippen molar-refractivity contribution in [3.05, 3.63) is 66.4 Å². The number of anilines is 4. The number of nitrogens with zero attached hydrogens (tertiary/aromatic N) is 4. The quantitative estimate of drug-likeness (QED) is 0.546. The molecule has 0 saturated carbocycles. The Morgan fingerprint density at radius 1 is 1.10 bits per heavy atom. The van der Waals surface area contributed by atoms with Crippen molar-refractivity contribution in [2.24, 2.45) is 0 Å². The van der Waals surface area contributed by atoms with Gasteiger partial charge in [0.05, 0.1) is 11.8 Å². The van der Waals surface area contributed by atoms with Gasteiger partial charge in [-0.05, 0) is 31.5 Å². The number of nitrogens with one attached hydrogen (secondary N) is 2. The highest BCUT2D eigenvalue weighted by molar-refractivity contribution is 5.85. The van der Waals surface area contributed by atoms with Crippen molar-refractivity contribution in [1.82, 2.24) is 15.0 Å². The summed E-state index contributed by atoms with van der Waals surface area (Å²) in [6.07, 6.45) is 4.83. The summed E-state index contributed by atoms with van der Waals surface area (Å²) in [5, 5.41) is 16.6. The zero-order valence-electron chi connectivity index (χ0n) is 16.7. The second-order valence-corrected chi connectivity index (χ2v) is 7.58. The molecule has 1 saturated heterocycles. The zero-order valence-corrected chi connectivity index (χ0v) is 17.5. The summed E-state index contributed by atoms with van der Waals surface area (Å²) in [4.78, 5) is 15.0. The van der Waals surface area contributed by atoms with Gasteiger partial charge in [-0.2, -0.15) is 0 Å². The Hall–Kier alpha value is -2.97. The zero-order chi connectivity index (χ0) is 20.4. The Bertz CT molecular complexity index is 979. The molecule has 1 aromatic carbocycles. The van der Waals surface area contributed by atoms with Crippen LogP contribution in [0.15, 0.2) is 55.0 Å². The minimum Gasteiger partial charge on any atom is -0.386 e. The molecule has 0 bridgehead atoms. The summed E-state index contributed by atoms with van der Waals surface area (Å²) in [5.74, 6) is 1.60. The molecule has 1 atom stereocenters. The minimum atomic E-state index is -0.684. The van der Waals surface area contributed by atoms with Gasteiger partial charge in [-0.3, -0.25) is 4.98 Å². The summed E-state index contributed by atoms with van der Waals surface area (Å²) in [6, 6.07) is 10.2. The van der Waals surface area contributed by atoms with E-state index in [0.717, 1.165) is 11.3 Å². The molecule has 30 heavy (non-hydrogen) atoms. The highest BCUT2D eigenvalue weighted by atomic mass is 35.5. The Morgan fingerprint density at radius 3 is 2.43 bits per heavy atom. The second-order valence-electron chi connectivity index (χ2n) is 7.58. The van der Waals surface area contributed by atoms with Crippen LogP contribution in [0.2, 0.25) is 0 Å². The highest BCUT2D eigenvalue weighted by Gasteiger charge is 2.36. The molecule has 1 fully saturated rings. The van der Waals surface area contributed by atoms with Crippen LogP contribution in [0.3, 0.4) is 0 Å². The van der Waals surface area contributed by atoms with Crippen molar-refractivity contribution in [1.29, 1.82) is 0 Å². The molecule has 158 valence electrons. The van der Waals surface area contributed by atoms with Gasteiger partial charge in [-0.1, -0.05) is 12.1 Å². The third-order valence-electron chi connectivity index (χ3n) is 4.79. The maximum Gasteiger partial charge on any atom is 0.150 e. The van der Waals surface area contributed by atoms with E-state index in [1.165, 1.54) is 12.1 Å². The molecule has 4 rings (SSSR count). The molecule has 9 heteroatoms. The van der Waals surface area contributed by atoms with Gasteiger partial charge in [0.25, 0.3) is 0 Å². The Labute approximate surface area is 180 Å². The summed E-state index contributed by atoms with van der Waals surface area (Å²) < 4.78 is 13.2. The molecule has 2 aromatic heterocycles. The Kier molecular flexibility index (Phi) is 6.38. The van der Waals surface area contributed by atoms with E-state index < -0.39 is 5.60 Å². The number of hydrogen-bond acceptors (Lipinski definition) is 7. The van der Waals surface area contributed by atoms with Crippen LogP contribution in [-0.4, -0.2) is 38.7 Å². The largest absolute Gasteiger partial charge is 0.386 e. The minimum absolute atomic E-state index is 0. The Morgan fingerprint density at radius 2 is 1.80 bits per heavy atom. The number of pyridine rings is 1. The molecule has 0 spiro atoms. The fraction of sp³-hybridized carbons (Fsp3) is 0.286. The molecular formula is C21H24ClFN6O. The molecule has 3 heterocycles. The van der Waals surface area contributed by atoms with Crippen LogP contribution < -0.4 is 15.5 Å². The van der Waals surface area contributed by atoms with Crippen molar-refractivity contribution in [2.45, 2.75) is 25.5 Å². The van der Waals surface area contributed by atoms with Crippen LogP contribution in [0.4, 0.5) is 27.5 Å². The van der Waals surface area contributed by atoms with E-state index in [9.17, 15) is 9.50 Å². The van der Waals surface area contributed by atoms with E-state index in [1.54, 1.807) is 30.7 Å². The summed E-state index contributed by atoms with van der Waals surface area (Å²) >= 11 is 0. The van der Waals surface area contributed by atoms with Crippen molar-refractivity contribution in [3.8, 4) is 0 Å². The average molecular weight is 431 g/mol. The number of aromatic nitrogens is 3. The van der Waals surface area contributed by atoms with Crippen LogP contribution >= 0.6 is 12.4 Å². The first kappa shape index (κ1) is 21.7. The standard InChI is InChI=1S/C21H23FN6O.ClH/c1-14(15-3-5-16(22)6-4-15)25-18-9-17(28-12-21(2,29)13-28)10-19(26-18)27-20-11-23-7-8-24-20;/h3-11,14,29H,12-13H2,1-2H3,(H2,24,25,26,27);1H. The highest BCUT2D eigenvalue weighted by Crippen LogP contribution is 2.32. The first-order chi connectivity index (χ1) is 13.9. The van der Waals surface area contributed by atoms with E-state index in [0.29, 0.717) is 30.5 Å². The first-order valence-corrected chi connectivity index (χ1v) is 9.42. The van der Waals surface area contributed by atoms with Gasteiger partial charge in [-0.15, -0.1) is 12.4 Å². The number of hydrogen-bond donors (Lipinski definition) is 3. The third-order valence-corrected chi connectivity index (χ3v) is 4.79. The van der Waals surface area contributed by atoms with Crippen molar-refractivity contribution in [3.63, 3.8) is 0 Å². The predicted molar refractivity (Wildman–Crippen MR) is 118 cm³/mol. The fourth-order valence-corrected chi connectivity index (χ4v) is 3.35. The molecule has 1 aliphatic heterocycles. The van der Waals surface area contributed by atoms with Crippen LogP contribution in [0.5, 0.6) is 0 Å². The molecule has 0 radical (unpaired) electrons. The number of benzene rings is 1. The SMILES string of the molecule is CC(Nc1cc(N2CC(C)(O)C2)cc(Nc2cnccn2)n1)c1ccc(F)cc1.Cl. The lowest BCUT2D eigenvalue weighted by Gasteiger charge is -2.45. The van der Waals surface area contributed by atoms with Crippen LogP contribution in [0, 0.1) is 5.82 Å². The number of aliphatic hydroxyl groups is 1. The summed E-state index contributed by atoms with van der Waals surface area (Å²) in [7, 11) is 0. The molecule has 3 N–H and O–H groups in total. The number of halogens is 2. The molecule has 0 amide bonds. The van der Waals surface area contributed by atoms with Gasteiger partial charge < -0.3 is 20.6 Å². The lowest BCUT2D eigenvalue weighted by molar-refractivity contribution is 0.0310. The summed E-state index contributed by atoms with van der Waals surface area (Å²) in [5.41, 5.74) is 1.21. The normalized spacial score (nSPS) is 15.5. The van der Waals surface area contributed by atoms with Gasteiger partial charge in [0.15, 0.2) is 0 Å². The number of rotatable bonds is 6. The van der Waals surface area contributed by atoms with E-state index in [4.69, 9.17) is 0 Å². The number of β-amino-alcohol motifs (C(OH)–C–C–N with tert-alkyl or cyclic N) is 1. The van der Waals surface area contributed by atoms with E-state index in [1.807, 2.05) is 26.0 Å². The monoisotopic (exact) mass is 430 g/mol. The van der Waals surface area contributed by atoms with Crippen molar-refractivity contribution in [2.75, 3.05) is 28.6 Å². The lowest BCUT2D eigenvalue weighted by Crippen LogP contribution is -2.60. The molecule has 1 unspecified atom stereocenters. The van der Waals surface area contributed by atoms with Crippen molar-refractivity contribution < 1.29 is 9.50 Å². The van der Waals surface area contributed by atoms with Crippen LogP contribution in [0.25, 0.3) is 0 Å². The fourth-order valence-electron chi connectivity index (χ4n) is 3.35. The van der Waals surface area contributed by atoms with E-state index in [2.05, 4.69) is 30.5 Å². The average Bonchev–Trinajstić information content (AvgIpc) is 2.67. The summed E-state index contributed by atoms with van der Waals surface area (Å²) in [6.45, 7) is 4.91. The predicted octanol–water partition coefficient (Wildman–Crippen LogP) is 3.92. The van der Waals surface area contributed by atoms with Gasteiger partial charge >= 0.3 is 0 Å². The lowest BCUT2D eigenvalue weighted by atomic mass is 9.96. The Balaban J connectivity index is 0.00000256. The molecule has 3 aromatic rings.